The smallest absolute Gasteiger partial charge is 0.325 e. The molecule has 1 aromatic carbocycles. The summed E-state index contributed by atoms with van der Waals surface area (Å²) in [6.07, 6.45) is 2.93. The SMILES string of the molecule is Cn1c(=O)c2c(ncn2CCCC(=O)Nc2nnc(Cc3ccccc3)s2)n(C)c1=O. The van der Waals surface area contributed by atoms with Gasteiger partial charge in [0.15, 0.2) is 11.2 Å². The molecule has 1 N–H and O–H groups in total. The zero-order chi connectivity index (χ0) is 22.0. The molecule has 0 spiro atoms. The number of aryl methyl sites for hydroxylation is 2. The van der Waals surface area contributed by atoms with E-state index < -0.39 is 11.2 Å². The third-order valence-electron chi connectivity index (χ3n) is 4.93. The van der Waals surface area contributed by atoms with E-state index in [2.05, 4.69) is 20.5 Å². The van der Waals surface area contributed by atoms with Crippen LogP contribution in [0.25, 0.3) is 11.2 Å². The van der Waals surface area contributed by atoms with Crippen molar-refractivity contribution in [1.29, 1.82) is 0 Å². The van der Waals surface area contributed by atoms with Gasteiger partial charge >= 0.3 is 5.69 Å². The highest BCUT2D eigenvalue weighted by atomic mass is 32.1. The molecule has 0 saturated carbocycles. The number of carbonyl (C=O) groups is 1. The number of aromatic nitrogens is 6. The van der Waals surface area contributed by atoms with Gasteiger partial charge in [0.25, 0.3) is 5.56 Å². The van der Waals surface area contributed by atoms with Gasteiger partial charge in [0, 0.05) is 33.5 Å². The van der Waals surface area contributed by atoms with Crippen LogP contribution in [-0.4, -0.2) is 34.8 Å². The first-order chi connectivity index (χ1) is 14.9. The number of imidazole rings is 1. The predicted molar refractivity (Wildman–Crippen MR) is 117 cm³/mol. The van der Waals surface area contributed by atoms with Crippen molar-refractivity contribution in [2.24, 2.45) is 14.1 Å². The lowest BCUT2D eigenvalue weighted by Crippen LogP contribution is -2.37. The van der Waals surface area contributed by atoms with E-state index in [1.54, 1.807) is 11.6 Å². The van der Waals surface area contributed by atoms with E-state index in [9.17, 15) is 14.4 Å². The molecule has 160 valence electrons. The van der Waals surface area contributed by atoms with Crippen molar-refractivity contribution in [3.63, 3.8) is 0 Å². The molecule has 0 saturated heterocycles. The zero-order valence-corrected chi connectivity index (χ0v) is 17.9. The molecule has 1 amide bonds. The van der Waals surface area contributed by atoms with E-state index in [1.165, 1.54) is 29.3 Å². The summed E-state index contributed by atoms with van der Waals surface area (Å²) in [6.45, 7) is 0.423. The van der Waals surface area contributed by atoms with Gasteiger partial charge in [-0.05, 0) is 12.0 Å². The number of benzene rings is 1. The van der Waals surface area contributed by atoms with Crippen LogP contribution in [0.15, 0.2) is 46.2 Å². The molecule has 4 aromatic rings. The van der Waals surface area contributed by atoms with Crippen molar-refractivity contribution >= 4 is 33.5 Å². The third-order valence-corrected chi connectivity index (χ3v) is 5.77. The summed E-state index contributed by atoms with van der Waals surface area (Å²) in [7, 11) is 3.01. The fourth-order valence-electron chi connectivity index (χ4n) is 3.30. The van der Waals surface area contributed by atoms with Crippen LogP contribution in [0.5, 0.6) is 0 Å². The van der Waals surface area contributed by atoms with Gasteiger partial charge in [-0.3, -0.25) is 18.7 Å². The predicted octanol–water partition coefficient (Wildman–Crippen LogP) is 1.29. The second kappa shape index (κ2) is 8.64. The maximum Gasteiger partial charge on any atom is 0.332 e. The fraction of sp³-hybridized carbons (Fsp3) is 0.300. The number of nitrogens with zero attached hydrogens (tertiary/aromatic N) is 6. The maximum atomic E-state index is 12.5. The standard InChI is InChI=1S/C20H21N7O3S/c1-25-17-16(18(29)26(2)20(25)30)27(12-21-17)10-6-9-14(28)22-19-24-23-15(31-19)11-13-7-4-3-5-8-13/h3-5,7-8,12H,6,9-11H2,1-2H3,(H,22,24,28). The molecule has 0 unspecified atom stereocenters. The lowest BCUT2D eigenvalue weighted by molar-refractivity contribution is -0.116. The molecular weight excluding hydrogens is 418 g/mol. The summed E-state index contributed by atoms with van der Waals surface area (Å²) < 4.78 is 4.06. The van der Waals surface area contributed by atoms with Crippen LogP contribution >= 0.6 is 11.3 Å². The molecule has 0 bridgehead atoms. The number of amides is 1. The second-order valence-corrected chi connectivity index (χ2v) is 8.19. The summed E-state index contributed by atoms with van der Waals surface area (Å²) in [5.41, 5.74) is 0.982. The number of anilines is 1. The molecule has 0 atom stereocenters. The van der Waals surface area contributed by atoms with Crippen molar-refractivity contribution in [2.75, 3.05) is 5.32 Å². The van der Waals surface area contributed by atoms with Crippen LogP contribution in [0.1, 0.15) is 23.4 Å². The van der Waals surface area contributed by atoms with Crippen molar-refractivity contribution < 1.29 is 4.79 Å². The van der Waals surface area contributed by atoms with Gasteiger partial charge in [-0.15, -0.1) is 10.2 Å². The van der Waals surface area contributed by atoms with Crippen molar-refractivity contribution in [2.45, 2.75) is 25.8 Å². The van der Waals surface area contributed by atoms with Crippen LogP contribution in [0.2, 0.25) is 0 Å². The molecule has 0 aliphatic carbocycles. The highest BCUT2D eigenvalue weighted by molar-refractivity contribution is 7.15. The summed E-state index contributed by atoms with van der Waals surface area (Å²) in [5.74, 6) is -0.174. The molecule has 0 aliphatic rings. The van der Waals surface area contributed by atoms with Gasteiger partial charge in [0.05, 0.1) is 6.33 Å². The molecule has 11 heteroatoms. The molecule has 0 aliphatic heterocycles. The molecule has 10 nitrogen and oxygen atoms in total. The summed E-state index contributed by atoms with van der Waals surface area (Å²) in [4.78, 5) is 40.9. The van der Waals surface area contributed by atoms with Crippen LogP contribution in [0, 0.1) is 0 Å². The fourth-order valence-corrected chi connectivity index (χ4v) is 4.09. The van der Waals surface area contributed by atoms with Gasteiger partial charge < -0.3 is 9.88 Å². The Balaban J connectivity index is 1.35. The first-order valence-electron chi connectivity index (χ1n) is 9.71. The Morgan fingerprint density at radius 3 is 2.65 bits per heavy atom. The Bertz CT molecular complexity index is 1350. The quantitative estimate of drug-likeness (QED) is 0.464. The molecule has 4 rings (SSSR count). The lowest BCUT2D eigenvalue weighted by Gasteiger charge is -2.06. The van der Waals surface area contributed by atoms with Crippen molar-refractivity contribution in [3.05, 3.63) is 68.1 Å². The van der Waals surface area contributed by atoms with Gasteiger partial charge in [0.1, 0.15) is 5.01 Å². The average molecular weight is 440 g/mol. The summed E-state index contributed by atoms with van der Waals surface area (Å²) >= 11 is 1.35. The first kappa shape index (κ1) is 20.7. The van der Waals surface area contributed by atoms with Crippen molar-refractivity contribution in [1.82, 2.24) is 28.9 Å². The van der Waals surface area contributed by atoms with Gasteiger partial charge in [-0.2, -0.15) is 0 Å². The van der Waals surface area contributed by atoms with Crippen molar-refractivity contribution in [3.8, 4) is 0 Å². The summed E-state index contributed by atoms with van der Waals surface area (Å²) in [6, 6.07) is 9.94. The minimum atomic E-state index is -0.425. The zero-order valence-electron chi connectivity index (χ0n) is 17.1. The van der Waals surface area contributed by atoms with E-state index >= 15 is 0 Å². The molecular formula is C20H21N7O3S. The number of hydrogen-bond donors (Lipinski definition) is 1. The number of hydrogen-bond acceptors (Lipinski definition) is 7. The Kier molecular flexibility index (Phi) is 5.76. The van der Waals surface area contributed by atoms with Crippen LogP contribution < -0.4 is 16.6 Å². The monoisotopic (exact) mass is 439 g/mol. The van der Waals surface area contributed by atoms with E-state index in [4.69, 9.17) is 0 Å². The van der Waals surface area contributed by atoms with Gasteiger partial charge in [-0.25, -0.2) is 9.78 Å². The minimum absolute atomic E-state index is 0.174. The highest BCUT2D eigenvalue weighted by Crippen LogP contribution is 2.19. The average Bonchev–Trinajstić information content (AvgIpc) is 3.38. The van der Waals surface area contributed by atoms with E-state index in [0.29, 0.717) is 35.7 Å². The molecule has 31 heavy (non-hydrogen) atoms. The van der Waals surface area contributed by atoms with Gasteiger partial charge in [-0.1, -0.05) is 41.7 Å². The maximum absolute atomic E-state index is 12.5. The van der Waals surface area contributed by atoms with Crippen LogP contribution in [0.3, 0.4) is 0 Å². The van der Waals surface area contributed by atoms with E-state index in [-0.39, 0.29) is 12.3 Å². The largest absolute Gasteiger partial charge is 0.332 e. The third kappa shape index (κ3) is 4.31. The Morgan fingerprint density at radius 1 is 1.10 bits per heavy atom. The number of fused-ring (bicyclic) bond motifs is 1. The molecule has 3 aromatic heterocycles. The minimum Gasteiger partial charge on any atom is -0.325 e. The normalized spacial score (nSPS) is 11.2. The topological polar surface area (TPSA) is 117 Å². The van der Waals surface area contributed by atoms with E-state index in [0.717, 1.165) is 15.1 Å². The molecule has 0 radical (unpaired) electrons. The Morgan fingerprint density at radius 2 is 1.87 bits per heavy atom. The highest BCUT2D eigenvalue weighted by Gasteiger charge is 2.15. The number of carbonyl (C=O) groups excluding carboxylic acids is 1. The van der Waals surface area contributed by atoms with Gasteiger partial charge in [0.2, 0.25) is 11.0 Å². The Labute approximate surface area is 180 Å². The molecule has 3 heterocycles. The van der Waals surface area contributed by atoms with E-state index in [1.807, 2.05) is 30.3 Å². The van der Waals surface area contributed by atoms with Crippen LogP contribution in [-0.2, 0) is 31.9 Å². The number of nitrogens with one attached hydrogen (secondary N) is 1. The Hall–Kier alpha value is -3.60. The lowest BCUT2D eigenvalue weighted by atomic mass is 10.2. The second-order valence-electron chi connectivity index (χ2n) is 7.13. The first-order valence-corrected chi connectivity index (χ1v) is 10.5. The van der Waals surface area contributed by atoms with Crippen LogP contribution in [0.4, 0.5) is 5.13 Å². The number of rotatable bonds is 7. The molecule has 0 fully saturated rings. The summed E-state index contributed by atoms with van der Waals surface area (Å²) in [5, 5.41) is 12.2.